The van der Waals surface area contributed by atoms with Gasteiger partial charge in [0.1, 0.15) is 11.5 Å². The van der Waals surface area contributed by atoms with Gasteiger partial charge in [0.15, 0.2) is 0 Å². The molecule has 0 spiro atoms. The van der Waals surface area contributed by atoms with Crippen LogP contribution in [0.5, 0.6) is 11.5 Å². The Hall–Kier alpha value is -5.90. The number of ether oxygens (including phenoxy) is 2. The van der Waals surface area contributed by atoms with Gasteiger partial charge in [0, 0.05) is 25.4 Å². The minimum absolute atomic E-state index is 0. The molecule has 0 unspecified atom stereocenters. The van der Waals surface area contributed by atoms with Gasteiger partial charge >= 0.3 is 19.5 Å². The molecule has 0 saturated carbocycles. The average molecular weight is 999 g/mol. The fraction of sp³-hybridized carbons (Fsp3) is 0.207. The first kappa shape index (κ1) is 47.2. The third kappa shape index (κ3) is 10.9. The van der Waals surface area contributed by atoms with Crippen LogP contribution in [0.15, 0.2) is 120 Å². The van der Waals surface area contributed by atoms with E-state index in [9.17, 15) is 0 Å². The van der Waals surface area contributed by atoms with Crippen molar-refractivity contribution in [2.45, 2.75) is 65.2 Å². The molecule has 0 fully saturated rings. The fourth-order valence-corrected chi connectivity index (χ4v) is 11.5. The summed E-state index contributed by atoms with van der Waals surface area (Å²) in [6, 6.07) is 38.0. The molecule has 0 saturated heterocycles. The number of benzene rings is 2. The molecule has 0 N–H and O–H groups in total. The van der Waals surface area contributed by atoms with Crippen molar-refractivity contribution >= 4 is 92.5 Å². The number of unbranched alkanes of at least 4 members (excludes halogenated alkanes) is 6. The van der Waals surface area contributed by atoms with Gasteiger partial charge in [-0.15, -0.1) is 56.1 Å². The van der Waals surface area contributed by atoms with E-state index in [1.807, 2.05) is 29.5 Å². The number of hydrogen-bond donors (Lipinski definition) is 0. The van der Waals surface area contributed by atoms with E-state index in [4.69, 9.17) is 29.4 Å². The van der Waals surface area contributed by atoms with Crippen molar-refractivity contribution in [3.05, 3.63) is 154 Å². The van der Waals surface area contributed by atoms with Gasteiger partial charge in [-0.3, -0.25) is 0 Å². The Bertz CT molecular complexity index is 3210. The zero-order valence-electron chi connectivity index (χ0n) is 38.6. The van der Waals surface area contributed by atoms with E-state index < -0.39 is 0 Å². The summed E-state index contributed by atoms with van der Waals surface area (Å²) in [7, 11) is 0. The van der Waals surface area contributed by atoms with Gasteiger partial charge in [-0.05, 0) is 88.7 Å². The number of nitrogens with zero attached hydrogens (tertiary/aromatic N) is 4. The van der Waals surface area contributed by atoms with Crippen LogP contribution in [0, 0.1) is 0 Å². The summed E-state index contributed by atoms with van der Waals surface area (Å²) in [5.74, 6) is 1.87. The van der Waals surface area contributed by atoms with Gasteiger partial charge < -0.3 is 19.4 Å². The Morgan fingerprint density at radius 2 is 1.12 bits per heavy atom. The van der Waals surface area contributed by atoms with Crippen LogP contribution in [0.2, 0.25) is 0 Å². The SMILES string of the molecule is CCCCCCOc1csc(-c2cc(/C=C/c3c4nc(c(-c5ccccc5)c5ccc(cc6nc(c(-c7ccccc7)c7ccc3[n-]7)C=C6)[n-]5)C=C4)c(-c3cc(OCCCCCC)cs3)s2)c1.[Zn+2]. The molecule has 6 aromatic heterocycles. The van der Waals surface area contributed by atoms with Gasteiger partial charge in [-0.25, -0.2) is 9.97 Å². The van der Waals surface area contributed by atoms with Crippen LogP contribution in [-0.2, 0) is 19.5 Å². The molecule has 8 bridgehead atoms. The van der Waals surface area contributed by atoms with Crippen molar-refractivity contribution < 1.29 is 29.0 Å². The summed E-state index contributed by atoms with van der Waals surface area (Å²) >= 11 is 5.28. The average Bonchev–Trinajstić information content (AvgIpc) is 4.21. The molecular weight excluding hydrogens is 946 g/mol. The maximum Gasteiger partial charge on any atom is 2.00 e. The van der Waals surface area contributed by atoms with Crippen molar-refractivity contribution in [3.8, 4) is 53.3 Å². The van der Waals surface area contributed by atoms with Gasteiger partial charge in [0.05, 0.1) is 40.9 Å². The van der Waals surface area contributed by atoms with Crippen LogP contribution < -0.4 is 19.4 Å². The van der Waals surface area contributed by atoms with Gasteiger partial charge in [-0.1, -0.05) is 156 Å². The van der Waals surface area contributed by atoms with Gasteiger partial charge in [0.2, 0.25) is 0 Å². The molecule has 6 nitrogen and oxygen atoms in total. The van der Waals surface area contributed by atoms with E-state index in [0.29, 0.717) is 0 Å². The molecule has 0 radical (unpaired) electrons. The van der Waals surface area contributed by atoms with Crippen molar-refractivity contribution in [1.29, 1.82) is 0 Å². The van der Waals surface area contributed by atoms with Crippen LogP contribution in [0.25, 0.3) is 100 Å². The zero-order valence-corrected chi connectivity index (χ0v) is 44.0. The summed E-state index contributed by atoms with van der Waals surface area (Å²) in [5.41, 5.74) is 12.8. The maximum absolute atomic E-state index is 6.28. The minimum Gasteiger partial charge on any atom is -0.657 e. The summed E-state index contributed by atoms with van der Waals surface area (Å²) in [6.45, 7) is 5.95. The smallest absolute Gasteiger partial charge is 0.657 e. The second-order valence-electron chi connectivity index (χ2n) is 16.8. The summed E-state index contributed by atoms with van der Waals surface area (Å²) in [4.78, 5) is 25.9. The number of aromatic nitrogens is 4. The van der Waals surface area contributed by atoms with Crippen molar-refractivity contribution in [2.75, 3.05) is 13.2 Å². The molecule has 10 rings (SSSR count). The molecule has 0 atom stereocenters. The quantitative estimate of drug-likeness (QED) is 0.0630. The largest absolute Gasteiger partial charge is 2.00 e. The third-order valence-corrected chi connectivity index (χ3v) is 15.3. The molecule has 68 heavy (non-hydrogen) atoms. The Kier molecular flexibility index (Phi) is 15.6. The molecular formula is C58H52N4O2S3Zn. The van der Waals surface area contributed by atoms with E-state index in [0.717, 1.165) is 116 Å². The third-order valence-electron chi connectivity index (χ3n) is 11.9. The van der Waals surface area contributed by atoms with E-state index in [-0.39, 0.29) is 19.5 Å². The van der Waals surface area contributed by atoms with E-state index in [1.165, 1.54) is 58.0 Å². The molecule has 0 amide bonds. The predicted octanol–water partition coefficient (Wildman–Crippen LogP) is 16.9. The second kappa shape index (κ2) is 22.5. The van der Waals surface area contributed by atoms with Crippen LogP contribution in [0.4, 0.5) is 0 Å². The fourth-order valence-electron chi connectivity index (χ4n) is 8.51. The van der Waals surface area contributed by atoms with E-state index >= 15 is 0 Å². The first-order valence-corrected chi connectivity index (χ1v) is 26.1. The number of hydrogen-bond acceptors (Lipinski definition) is 7. The molecule has 2 aliphatic heterocycles. The van der Waals surface area contributed by atoms with Crippen LogP contribution in [0.3, 0.4) is 0 Å². The topological polar surface area (TPSA) is 72.4 Å². The molecule has 8 aromatic rings. The summed E-state index contributed by atoms with van der Waals surface area (Å²) < 4.78 is 12.5. The van der Waals surface area contributed by atoms with E-state index in [1.54, 1.807) is 22.7 Å². The van der Waals surface area contributed by atoms with Crippen LogP contribution >= 0.6 is 34.0 Å². The van der Waals surface area contributed by atoms with Crippen molar-refractivity contribution in [1.82, 2.24) is 19.9 Å². The Morgan fingerprint density at radius 1 is 0.529 bits per heavy atom. The zero-order chi connectivity index (χ0) is 45.4. The summed E-state index contributed by atoms with van der Waals surface area (Å²) in [5, 5.41) is 4.29. The Labute approximate surface area is 424 Å². The molecule has 8 heterocycles. The molecule has 2 aromatic carbocycles. The monoisotopic (exact) mass is 996 g/mol. The first-order valence-electron chi connectivity index (χ1n) is 23.5. The Balaban J connectivity index is 0.00000578. The normalized spacial score (nSPS) is 12.0. The van der Waals surface area contributed by atoms with Gasteiger partial charge in [0.25, 0.3) is 0 Å². The number of rotatable bonds is 18. The molecule has 0 aliphatic carbocycles. The van der Waals surface area contributed by atoms with Crippen LogP contribution in [-0.4, -0.2) is 23.2 Å². The van der Waals surface area contributed by atoms with Crippen molar-refractivity contribution in [2.24, 2.45) is 0 Å². The molecule has 10 heteroatoms. The van der Waals surface area contributed by atoms with E-state index in [2.05, 4.69) is 152 Å². The number of thiophene rings is 3. The van der Waals surface area contributed by atoms with Crippen LogP contribution in [0.1, 0.15) is 99.1 Å². The number of fused-ring (bicyclic) bond motifs is 8. The van der Waals surface area contributed by atoms with Crippen molar-refractivity contribution in [3.63, 3.8) is 0 Å². The van der Waals surface area contributed by atoms with Gasteiger partial charge in [-0.2, -0.15) is 0 Å². The minimum atomic E-state index is 0. The first-order chi connectivity index (χ1) is 33.1. The molecule has 2 aliphatic rings. The standard InChI is InChI=1S/C58H52N4O2S3.Zn/c1-3-5-7-15-31-63-44-35-53(65-37-44)54-33-41(58(67-54)55-36-45(38-66-55)64-32-16-8-6-4-2)21-24-46-47-27-29-51(61-47)56(39-17-11-9-12-18-39)49-25-22-42(59-49)34-43-23-26-50(60-43)57(40-19-13-10-14-20-40)52-30-28-48(46)62-52;/h9-14,17-30,33-38H,3-8,15-16,31-32H2,1-2H3;/q-2;+2/b24-21+,42-34?,43-34?,47-46?,48-46?,56-49?,56-51?,57-50?,57-52?;. The molecule has 336 valence electrons. The second-order valence-corrected chi connectivity index (χ2v) is 19.7. The Morgan fingerprint density at radius 3 is 1.81 bits per heavy atom. The maximum atomic E-state index is 6.28. The predicted molar refractivity (Wildman–Crippen MR) is 287 cm³/mol. The summed E-state index contributed by atoms with van der Waals surface area (Å²) in [6.07, 6.45) is 22.2.